The summed E-state index contributed by atoms with van der Waals surface area (Å²) in [5, 5.41) is 46.9. The number of phenols is 2. The lowest BCUT2D eigenvalue weighted by molar-refractivity contribution is -0.826. The highest BCUT2D eigenvalue weighted by molar-refractivity contribution is 6.02. The summed E-state index contributed by atoms with van der Waals surface area (Å²) in [6.45, 7) is 4.97. The summed E-state index contributed by atoms with van der Waals surface area (Å²) < 4.78 is 0. The number of hydrogen-bond donors (Lipinski definition) is 6. The van der Waals surface area contributed by atoms with E-state index in [0.29, 0.717) is 12.0 Å². The third-order valence-electron chi connectivity index (χ3n) is 4.25. The van der Waals surface area contributed by atoms with Gasteiger partial charge in [-0.2, -0.15) is 10.7 Å². The number of nitrogens with two attached hydrogens (primary N) is 1. The van der Waals surface area contributed by atoms with Crippen LogP contribution in [0, 0.1) is 22.7 Å². The number of carbonyl (C=O) groups excluding carboxylic acids is 2. The van der Waals surface area contributed by atoms with Gasteiger partial charge in [-0.05, 0) is 31.1 Å². The molecule has 0 saturated carbocycles. The molecule has 0 radical (unpaired) electrons. The molecule has 1 saturated heterocycles. The number of hydrogen-bond acceptors (Lipinski definition) is 7. The molecule has 1 heterocycles. The molecular weight excluding hydrogens is 378 g/mol. The van der Waals surface area contributed by atoms with Crippen LogP contribution in [-0.4, -0.2) is 58.0 Å². The molecule has 2 amide bonds. The molecule has 1 aromatic rings. The van der Waals surface area contributed by atoms with Crippen LogP contribution in [0.3, 0.4) is 0 Å². The first-order chi connectivity index (χ1) is 13.8. The molecule has 1 fully saturated rings. The van der Waals surface area contributed by atoms with Crippen LogP contribution in [-0.2, 0) is 9.59 Å². The molecule has 29 heavy (non-hydrogen) atoms. The van der Waals surface area contributed by atoms with Crippen molar-refractivity contribution in [3.05, 3.63) is 23.3 Å². The van der Waals surface area contributed by atoms with Gasteiger partial charge in [-0.25, -0.2) is 5.21 Å². The van der Waals surface area contributed by atoms with E-state index in [2.05, 4.69) is 5.32 Å². The maximum Gasteiger partial charge on any atom is 0.264 e. The van der Waals surface area contributed by atoms with Crippen LogP contribution >= 0.6 is 0 Å². The molecule has 0 aliphatic carbocycles. The van der Waals surface area contributed by atoms with Crippen LogP contribution in [0.15, 0.2) is 17.7 Å². The SMILES string of the molecule is CC1CCNC1=O.CCN(CC=N)C(=O)/C(C#N)=C/c1cc(O)c(O)c([NH2+]O)c1. The van der Waals surface area contributed by atoms with Crippen molar-refractivity contribution in [2.45, 2.75) is 20.3 Å². The van der Waals surface area contributed by atoms with Crippen molar-refractivity contribution in [2.24, 2.45) is 5.92 Å². The van der Waals surface area contributed by atoms with Crippen LogP contribution in [0.4, 0.5) is 5.69 Å². The van der Waals surface area contributed by atoms with E-state index in [1.165, 1.54) is 23.1 Å². The first-order valence-electron chi connectivity index (χ1n) is 9.00. The Morgan fingerprint density at radius 1 is 1.48 bits per heavy atom. The average molecular weight is 404 g/mol. The van der Waals surface area contributed by atoms with Crippen LogP contribution < -0.4 is 10.8 Å². The lowest BCUT2D eigenvalue weighted by Crippen LogP contribution is -2.73. The molecule has 0 aromatic heterocycles. The Hall–Kier alpha value is -3.42. The van der Waals surface area contributed by atoms with Gasteiger partial charge in [-0.3, -0.25) is 9.59 Å². The monoisotopic (exact) mass is 404 g/mol. The van der Waals surface area contributed by atoms with Gasteiger partial charge in [-0.15, -0.1) is 0 Å². The molecular formula is C19H26N5O5+. The number of nitriles is 1. The van der Waals surface area contributed by atoms with Crippen LogP contribution in [0.25, 0.3) is 6.08 Å². The molecule has 0 bridgehead atoms. The van der Waals surface area contributed by atoms with Crippen molar-refractivity contribution in [3.8, 4) is 17.6 Å². The number of rotatable bonds is 6. The highest BCUT2D eigenvalue weighted by Gasteiger charge is 2.18. The first-order valence-corrected chi connectivity index (χ1v) is 9.00. The highest BCUT2D eigenvalue weighted by atomic mass is 16.5. The maximum atomic E-state index is 12.2. The number of quaternary nitrogens is 1. The third kappa shape index (κ3) is 6.60. The van der Waals surface area contributed by atoms with Crippen molar-refractivity contribution >= 4 is 29.8 Å². The lowest BCUT2D eigenvalue weighted by Gasteiger charge is -2.17. The molecule has 7 N–H and O–H groups in total. The predicted octanol–water partition coefficient (Wildman–Crippen LogP) is 0.229. The smallest absolute Gasteiger partial charge is 0.264 e. The number of likely N-dealkylation sites (N-methyl/N-ethyl adjacent to an activating group) is 1. The topological polar surface area (TPSA) is 174 Å². The Balaban J connectivity index is 0.000000502. The van der Waals surface area contributed by atoms with E-state index in [1.54, 1.807) is 13.0 Å². The number of amides is 2. The fraction of sp³-hybridized carbons (Fsp3) is 0.368. The fourth-order valence-corrected chi connectivity index (χ4v) is 2.51. The van der Waals surface area contributed by atoms with E-state index >= 15 is 0 Å². The van der Waals surface area contributed by atoms with Gasteiger partial charge in [-0.1, -0.05) is 6.92 Å². The van der Waals surface area contributed by atoms with Crippen molar-refractivity contribution < 1.29 is 30.5 Å². The van der Waals surface area contributed by atoms with E-state index in [4.69, 9.17) is 15.9 Å². The van der Waals surface area contributed by atoms with E-state index in [9.17, 15) is 19.8 Å². The fourth-order valence-electron chi connectivity index (χ4n) is 2.51. The zero-order valence-electron chi connectivity index (χ0n) is 16.3. The van der Waals surface area contributed by atoms with Gasteiger partial charge in [0.1, 0.15) is 11.6 Å². The number of nitrogens with one attached hydrogen (secondary N) is 2. The molecule has 2 rings (SSSR count). The van der Waals surface area contributed by atoms with Gasteiger partial charge in [0.05, 0.1) is 6.54 Å². The molecule has 1 atom stereocenters. The van der Waals surface area contributed by atoms with Gasteiger partial charge >= 0.3 is 0 Å². The van der Waals surface area contributed by atoms with E-state index in [-0.39, 0.29) is 35.2 Å². The Bertz CT molecular complexity index is 831. The second-order valence-corrected chi connectivity index (χ2v) is 6.31. The standard InChI is InChI=1S/C14H16N4O4.C5H9NO/c1-2-18(4-3-15)14(21)10(8-16)5-9-6-11(17-22)13(20)12(19)7-9;1-4-2-3-6-5(4)7/h3,5-7,15,17,19-20,22H,2,4H2,1H3;4H,2-3H2,1H3,(H,6,7)/p+1/b10-5+,15-3?;. The second-order valence-electron chi connectivity index (χ2n) is 6.31. The minimum Gasteiger partial charge on any atom is -0.504 e. The van der Waals surface area contributed by atoms with Crippen LogP contribution in [0.5, 0.6) is 11.5 Å². The molecule has 1 aliphatic rings. The van der Waals surface area contributed by atoms with E-state index in [1.807, 2.05) is 6.92 Å². The van der Waals surface area contributed by atoms with Gasteiger partial charge in [0.2, 0.25) is 17.3 Å². The lowest BCUT2D eigenvalue weighted by atomic mass is 10.1. The van der Waals surface area contributed by atoms with Crippen LogP contribution in [0.1, 0.15) is 25.8 Å². The quantitative estimate of drug-likeness (QED) is 0.0988. The van der Waals surface area contributed by atoms with E-state index < -0.39 is 17.4 Å². The van der Waals surface area contributed by atoms with Crippen LogP contribution in [0.2, 0.25) is 0 Å². The predicted molar refractivity (Wildman–Crippen MR) is 105 cm³/mol. The Labute approximate surface area is 168 Å². The van der Waals surface area contributed by atoms with Crippen molar-refractivity contribution in [1.82, 2.24) is 10.2 Å². The number of phenolic OH excluding ortho intramolecular Hbond substituents is 2. The number of benzene rings is 1. The minimum atomic E-state index is -0.546. The molecule has 0 spiro atoms. The molecule has 10 heteroatoms. The number of carbonyl (C=O) groups is 2. The van der Waals surface area contributed by atoms with Crippen molar-refractivity contribution in [2.75, 3.05) is 19.6 Å². The van der Waals surface area contributed by atoms with Crippen molar-refractivity contribution in [1.29, 1.82) is 10.7 Å². The Morgan fingerprint density at radius 2 is 2.17 bits per heavy atom. The van der Waals surface area contributed by atoms with Gasteiger partial charge in [0, 0.05) is 31.3 Å². The first kappa shape index (κ1) is 23.6. The zero-order valence-corrected chi connectivity index (χ0v) is 16.3. The maximum absolute atomic E-state index is 12.2. The van der Waals surface area contributed by atoms with Gasteiger partial charge in [0.25, 0.3) is 5.91 Å². The summed E-state index contributed by atoms with van der Waals surface area (Å²) in [4.78, 5) is 23.9. The molecule has 10 nitrogen and oxygen atoms in total. The second kappa shape index (κ2) is 11.4. The molecule has 1 unspecified atom stereocenters. The van der Waals surface area contributed by atoms with E-state index in [0.717, 1.165) is 19.2 Å². The number of aromatic hydroxyl groups is 2. The molecule has 156 valence electrons. The summed E-state index contributed by atoms with van der Waals surface area (Å²) in [5.74, 6) is -1.05. The summed E-state index contributed by atoms with van der Waals surface area (Å²) in [7, 11) is 0. The highest BCUT2D eigenvalue weighted by Crippen LogP contribution is 2.32. The summed E-state index contributed by atoms with van der Waals surface area (Å²) in [6, 6.07) is 4.25. The van der Waals surface area contributed by atoms with Gasteiger partial charge < -0.3 is 25.8 Å². The third-order valence-corrected chi connectivity index (χ3v) is 4.25. The largest absolute Gasteiger partial charge is 0.504 e. The van der Waals surface area contributed by atoms with Crippen molar-refractivity contribution in [3.63, 3.8) is 0 Å². The summed E-state index contributed by atoms with van der Waals surface area (Å²) >= 11 is 0. The zero-order chi connectivity index (χ0) is 22.0. The summed E-state index contributed by atoms with van der Waals surface area (Å²) in [6.07, 6.45) is 3.31. The minimum absolute atomic E-state index is 0.0390. The normalized spacial score (nSPS) is 15.6. The van der Waals surface area contributed by atoms with Gasteiger partial charge in [0.15, 0.2) is 5.75 Å². The average Bonchev–Trinajstić information content (AvgIpc) is 3.09. The Kier molecular flexibility index (Phi) is 9.31. The molecule has 1 aromatic carbocycles. The molecule has 1 aliphatic heterocycles. The number of nitrogens with zero attached hydrogens (tertiary/aromatic N) is 2. The summed E-state index contributed by atoms with van der Waals surface area (Å²) in [5.41, 5.74) is 0.653. The Morgan fingerprint density at radius 3 is 2.59 bits per heavy atom.